The third kappa shape index (κ3) is 5.42. The maximum absolute atomic E-state index is 6.73. The number of rotatable bonds is 7. The van der Waals surface area contributed by atoms with E-state index >= 15 is 0 Å². The van der Waals surface area contributed by atoms with Crippen molar-refractivity contribution in [3.05, 3.63) is 198 Å². The third-order valence-corrected chi connectivity index (χ3v) is 12.6. The Hall–Kier alpha value is -5.55. The van der Waals surface area contributed by atoms with E-state index in [0.717, 1.165) is 24.3 Å². The summed E-state index contributed by atoms with van der Waals surface area (Å²) in [4.78, 5) is 5.01. The van der Waals surface area contributed by atoms with Crippen LogP contribution in [0.4, 0.5) is 11.4 Å². The molecular formula is C48H35NOS2. The molecule has 0 radical (unpaired) electrons. The summed E-state index contributed by atoms with van der Waals surface area (Å²) < 4.78 is 9.31. The molecule has 4 heteroatoms. The first kappa shape index (κ1) is 31.2. The Bertz CT molecular complexity index is 2590. The van der Waals surface area contributed by atoms with Gasteiger partial charge in [0.2, 0.25) is 0 Å². The predicted octanol–water partition coefficient (Wildman–Crippen LogP) is 13.7. The lowest BCUT2D eigenvalue weighted by Crippen LogP contribution is -2.31. The molecule has 0 amide bonds. The Labute approximate surface area is 312 Å². The predicted molar refractivity (Wildman–Crippen MR) is 220 cm³/mol. The number of benzene rings is 6. The van der Waals surface area contributed by atoms with E-state index in [2.05, 4.69) is 181 Å². The van der Waals surface area contributed by atoms with Gasteiger partial charge in [0.05, 0.1) is 16.3 Å². The molecule has 0 saturated carbocycles. The number of nitrogens with zero attached hydrogens (tertiary/aromatic N) is 1. The van der Waals surface area contributed by atoms with Gasteiger partial charge in [-0.25, -0.2) is 0 Å². The van der Waals surface area contributed by atoms with Crippen LogP contribution in [-0.4, -0.2) is 6.10 Å². The van der Waals surface area contributed by atoms with Crippen molar-refractivity contribution in [3.8, 4) is 16.9 Å². The van der Waals surface area contributed by atoms with Crippen molar-refractivity contribution in [3.63, 3.8) is 0 Å². The zero-order valence-electron chi connectivity index (χ0n) is 28.5. The molecule has 52 heavy (non-hydrogen) atoms. The maximum Gasteiger partial charge on any atom is 0.130 e. The molecule has 2 aliphatic carbocycles. The van der Waals surface area contributed by atoms with Gasteiger partial charge in [0, 0.05) is 47.8 Å². The maximum atomic E-state index is 6.73. The fourth-order valence-electron chi connectivity index (χ4n) is 7.97. The smallest absolute Gasteiger partial charge is 0.130 e. The standard InChI is InChI=1S/C48H35NOS2/c1-4-15-32(16-5-1)36-28-27-34(31-45(36)51-35-19-8-3-9-20-35)49(41-24-14-23-39-38-21-11-13-26-44(38)52-48(39)41)47-37(33-17-6-2-7-18-33)29-30-43-46(47)40-22-10-12-25-42(40)50-43/h1,3-6,8-31,43,46H,2,7H2. The van der Waals surface area contributed by atoms with E-state index in [1.165, 1.54) is 69.2 Å². The summed E-state index contributed by atoms with van der Waals surface area (Å²) in [6.07, 6.45) is 13.6. The van der Waals surface area contributed by atoms with Gasteiger partial charge in [-0.2, -0.15) is 0 Å². The normalized spacial score (nSPS) is 17.6. The van der Waals surface area contributed by atoms with Gasteiger partial charge in [-0.3, -0.25) is 0 Å². The molecule has 2 unspecified atom stereocenters. The Morgan fingerprint density at radius 1 is 0.692 bits per heavy atom. The highest BCUT2D eigenvalue weighted by molar-refractivity contribution is 7.99. The first-order chi connectivity index (χ1) is 25.8. The van der Waals surface area contributed by atoms with Crippen LogP contribution in [0, 0.1) is 0 Å². The van der Waals surface area contributed by atoms with E-state index in [-0.39, 0.29) is 12.0 Å². The van der Waals surface area contributed by atoms with Gasteiger partial charge in [0.15, 0.2) is 0 Å². The monoisotopic (exact) mass is 705 g/mol. The summed E-state index contributed by atoms with van der Waals surface area (Å²) in [5, 5.41) is 2.58. The second-order valence-electron chi connectivity index (χ2n) is 13.4. The number of para-hydroxylation sites is 1. The minimum atomic E-state index is -0.102. The summed E-state index contributed by atoms with van der Waals surface area (Å²) in [7, 11) is 0. The van der Waals surface area contributed by atoms with Gasteiger partial charge < -0.3 is 9.64 Å². The lowest BCUT2D eigenvalue weighted by molar-refractivity contribution is 0.263. The van der Waals surface area contributed by atoms with E-state index in [9.17, 15) is 0 Å². The average Bonchev–Trinajstić information content (AvgIpc) is 3.79. The van der Waals surface area contributed by atoms with Gasteiger partial charge in [-0.05, 0) is 78.1 Å². The summed E-state index contributed by atoms with van der Waals surface area (Å²) in [6, 6.07) is 52.8. The minimum absolute atomic E-state index is 0.0103. The van der Waals surface area contributed by atoms with Crippen molar-refractivity contribution in [1.82, 2.24) is 0 Å². The first-order valence-electron chi connectivity index (χ1n) is 18.0. The molecule has 1 aliphatic heterocycles. The zero-order valence-corrected chi connectivity index (χ0v) is 30.1. The Morgan fingerprint density at radius 3 is 2.35 bits per heavy atom. The summed E-state index contributed by atoms with van der Waals surface area (Å²) in [6.45, 7) is 0. The second kappa shape index (κ2) is 13.2. The van der Waals surface area contributed by atoms with Crippen LogP contribution in [-0.2, 0) is 0 Å². The first-order valence-corrected chi connectivity index (χ1v) is 19.6. The number of anilines is 2. The number of allylic oxidation sites excluding steroid dienone is 6. The lowest BCUT2D eigenvalue weighted by Gasteiger charge is -2.37. The Kier molecular flexibility index (Phi) is 7.93. The molecule has 0 saturated heterocycles. The fourth-order valence-corrected chi connectivity index (χ4v) is 10.2. The van der Waals surface area contributed by atoms with Crippen LogP contribution in [0.2, 0.25) is 0 Å². The topological polar surface area (TPSA) is 12.5 Å². The largest absolute Gasteiger partial charge is 0.485 e. The van der Waals surface area contributed by atoms with Crippen LogP contribution < -0.4 is 9.64 Å². The number of fused-ring (bicyclic) bond motifs is 6. The molecular weight excluding hydrogens is 671 g/mol. The lowest BCUT2D eigenvalue weighted by atomic mass is 9.81. The summed E-state index contributed by atoms with van der Waals surface area (Å²) in [5.41, 5.74) is 9.76. The molecule has 1 aromatic heterocycles. The molecule has 7 aromatic rings. The Morgan fingerprint density at radius 2 is 1.48 bits per heavy atom. The van der Waals surface area contributed by atoms with E-state index < -0.39 is 0 Å². The highest BCUT2D eigenvalue weighted by atomic mass is 32.2. The van der Waals surface area contributed by atoms with Gasteiger partial charge in [0.25, 0.3) is 0 Å². The molecule has 0 bridgehead atoms. The number of thiophene rings is 1. The van der Waals surface area contributed by atoms with Crippen molar-refractivity contribution in [2.45, 2.75) is 34.7 Å². The average molecular weight is 706 g/mol. The van der Waals surface area contributed by atoms with Crippen LogP contribution in [0.1, 0.15) is 24.3 Å². The zero-order chi connectivity index (χ0) is 34.4. The van der Waals surface area contributed by atoms with E-state index in [1.54, 1.807) is 0 Å². The summed E-state index contributed by atoms with van der Waals surface area (Å²) >= 11 is 3.71. The van der Waals surface area contributed by atoms with Gasteiger partial charge >= 0.3 is 0 Å². The molecule has 6 aromatic carbocycles. The van der Waals surface area contributed by atoms with Crippen LogP contribution in [0.15, 0.2) is 203 Å². The van der Waals surface area contributed by atoms with E-state index in [0.29, 0.717) is 0 Å². The van der Waals surface area contributed by atoms with Crippen molar-refractivity contribution in [1.29, 1.82) is 0 Å². The second-order valence-corrected chi connectivity index (χ2v) is 15.6. The molecule has 10 rings (SSSR count). The molecule has 0 fully saturated rings. The van der Waals surface area contributed by atoms with E-state index in [1.807, 2.05) is 23.1 Å². The highest BCUT2D eigenvalue weighted by Gasteiger charge is 2.42. The number of ether oxygens (including phenoxy) is 1. The van der Waals surface area contributed by atoms with Gasteiger partial charge in [0.1, 0.15) is 11.9 Å². The Balaban J connectivity index is 1.28. The molecule has 0 N–H and O–H groups in total. The van der Waals surface area contributed by atoms with Gasteiger partial charge in [-0.15, -0.1) is 11.3 Å². The highest BCUT2D eigenvalue weighted by Crippen LogP contribution is 2.53. The molecule has 2 nitrogen and oxygen atoms in total. The minimum Gasteiger partial charge on any atom is -0.485 e. The van der Waals surface area contributed by atoms with Crippen molar-refractivity contribution >= 4 is 54.6 Å². The molecule has 0 spiro atoms. The van der Waals surface area contributed by atoms with Crippen molar-refractivity contribution in [2.75, 3.05) is 4.90 Å². The third-order valence-electron chi connectivity index (χ3n) is 10.3. The molecule has 2 atom stereocenters. The quantitative estimate of drug-likeness (QED) is 0.164. The fraction of sp³-hybridized carbons (Fsp3) is 0.0833. The van der Waals surface area contributed by atoms with Crippen LogP contribution >= 0.6 is 23.1 Å². The molecule has 2 heterocycles. The number of hydrogen-bond acceptors (Lipinski definition) is 4. The van der Waals surface area contributed by atoms with Crippen LogP contribution in [0.25, 0.3) is 31.3 Å². The van der Waals surface area contributed by atoms with Crippen LogP contribution in [0.3, 0.4) is 0 Å². The molecule has 250 valence electrons. The van der Waals surface area contributed by atoms with Crippen molar-refractivity contribution < 1.29 is 4.74 Å². The molecule has 3 aliphatic rings. The van der Waals surface area contributed by atoms with E-state index in [4.69, 9.17) is 4.74 Å². The number of hydrogen-bond donors (Lipinski definition) is 0. The van der Waals surface area contributed by atoms with Gasteiger partial charge in [-0.1, -0.05) is 139 Å². The SMILES string of the molecule is C1=CC(C2=C(N(c3ccc(-c4ccccc4)c(Sc4ccccc4)c3)c3cccc4c3sc3ccccc34)C3c4ccccc4OC3C=C2)=CCC1. The van der Waals surface area contributed by atoms with Crippen LogP contribution in [0.5, 0.6) is 5.75 Å². The van der Waals surface area contributed by atoms with Crippen molar-refractivity contribution in [2.24, 2.45) is 0 Å². The summed E-state index contributed by atoms with van der Waals surface area (Å²) in [5.74, 6) is 0.977.